The summed E-state index contributed by atoms with van der Waals surface area (Å²) in [5.41, 5.74) is 1.11. The molecule has 2 N–H and O–H groups in total. The number of likely N-dealkylation sites (tertiary alicyclic amines) is 1. The summed E-state index contributed by atoms with van der Waals surface area (Å²) in [5.74, 6) is 1.44. The molecule has 3 rings (SSSR count). The molecule has 1 aromatic carbocycles. The van der Waals surface area contributed by atoms with E-state index >= 15 is 0 Å². The van der Waals surface area contributed by atoms with Gasteiger partial charge >= 0.3 is 0 Å². The number of amides is 1. The zero-order valence-electron chi connectivity index (χ0n) is 16.9. The highest BCUT2D eigenvalue weighted by Gasteiger charge is 2.17. The van der Waals surface area contributed by atoms with Crippen molar-refractivity contribution in [2.45, 2.75) is 38.3 Å². The lowest BCUT2D eigenvalue weighted by atomic mass is 10.1. The molecule has 2 aliphatic heterocycles. The molecule has 2 fully saturated rings. The van der Waals surface area contributed by atoms with Crippen molar-refractivity contribution >= 4 is 5.91 Å². The molecule has 0 spiro atoms. The standard InChI is InChI=1S/C21H33N3O4/c1-27-19-6-5-17(14-24-11-7-21(26)22-8-12-24)13-20(19)28-16-18(25)15-23-9-3-2-4-10-23/h5-6,13,18,25H,2-4,7-12,14-16H2,1H3,(H,22,26). The van der Waals surface area contributed by atoms with Crippen LogP contribution in [0.4, 0.5) is 0 Å². The fourth-order valence-electron chi connectivity index (χ4n) is 3.84. The lowest BCUT2D eigenvalue weighted by molar-refractivity contribution is -0.120. The normalized spacial score (nSPS) is 20.3. The number of carbonyl (C=O) groups excluding carboxylic acids is 1. The van der Waals surface area contributed by atoms with E-state index in [1.807, 2.05) is 18.2 Å². The second-order valence-corrected chi connectivity index (χ2v) is 7.69. The Bertz CT molecular complexity index is 634. The third-order valence-corrected chi connectivity index (χ3v) is 5.39. The van der Waals surface area contributed by atoms with Gasteiger partial charge in [-0.05, 0) is 43.6 Å². The number of nitrogens with one attached hydrogen (secondary N) is 1. The van der Waals surface area contributed by atoms with Crippen LogP contribution in [0.15, 0.2) is 18.2 Å². The highest BCUT2D eigenvalue weighted by Crippen LogP contribution is 2.29. The molecule has 28 heavy (non-hydrogen) atoms. The number of β-amino-alcohol motifs (C(OH)–C–C–N with tert-alkyl or cyclic N) is 1. The minimum absolute atomic E-state index is 0.115. The van der Waals surface area contributed by atoms with Crippen molar-refractivity contribution in [3.05, 3.63) is 23.8 Å². The van der Waals surface area contributed by atoms with Crippen LogP contribution < -0.4 is 14.8 Å². The van der Waals surface area contributed by atoms with Gasteiger partial charge in [-0.3, -0.25) is 9.69 Å². The Morgan fingerprint density at radius 2 is 1.93 bits per heavy atom. The Morgan fingerprint density at radius 1 is 1.11 bits per heavy atom. The maximum atomic E-state index is 11.5. The van der Waals surface area contributed by atoms with Crippen LogP contribution in [0, 0.1) is 0 Å². The first-order chi connectivity index (χ1) is 13.6. The van der Waals surface area contributed by atoms with Crippen molar-refractivity contribution in [2.24, 2.45) is 0 Å². The van der Waals surface area contributed by atoms with Crippen molar-refractivity contribution in [3.63, 3.8) is 0 Å². The van der Waals surface area contributed by atoms with E-state index < -0.39 is 6.10 Å². The highest BCUT2D eigenvalue weighted by molar-refractivity contribution is 5.76. The van der Waals surface area contributed by atoms with E-state index in [-0.39, 0.29) is 12.5 Å². The van der Waals surface area contributed by atoms with Crippen LogP contribution in [-0.2, 0) is 11.3 Å². The number of benzene rings is 1. The fraction of sp³-hybridized carbons (Fsp3) is 0.667. The molecule has 7 nitrogen and oxygen atoms in total. The number of nitrogens with zero attached hydrogens (tertiary/aromatic N) is 2. The van der Waals surface area contributed by atoms with Gasteiger partial charge in [-0.1, -0.05) is 12.5 Å². The number of piperidine rings is 1. The molecule has 2 saturated heterocycles. The molecule has 156 valence electrons. The van der Waals surface area contributed by atoms with Crippen LogP contribution in [-0.4, -0.2) is 79.9 Å². The maximum absolute atomic E-state index is 11.5. The number of methoxy groups -OCH3 is 1. The van der Waals surface area contributed by atoms with E-state index in [0.29, 0.717) is 31.0 Å². The van der Waals surface area contributed by atoms with Crippen molar-refractivity contribution in [2.75, 3.05) is 53.0 Å². The summed E-state index contributed by atoms with van der Waals surface area (Å²) < 4.78 is 11.3. The lowest BCUT2D eigenvalue weighted by Crippen LogP contribution is -2.38. The fourth-order valence-corrected chi connectivity index (χ4v) is 3.84. The molecule has 0 aliphatic carbocycles. The van der Waals surface area contributed by atoms with E-state index in [4.69, 9.17) is 9.47 Å². The summed E-state index contributed by atoms with van der Waals surface area (Å²) >= 11 is 0. The summed E-state index contributed by atoms with van der Waals surface area (Å²) in [4.78, 5) is 16.1. The molecular weight excluding hydrogens is 358 g/mol. The van der Waals surface area contributed by atoms with Crippen LogP contribution in [0.5, 0.6) is 11.5 Å². The van der Waals surface area contributed by atoms with Gasteiger partial charge in [0.1, 0.15) is 12.7 Å². The molecule has 2 heterocycles. The first-order valence-electron chi connectivity index (χ1n) is 10.3. The first kappa shape index (κ1) is 20.9. The van der Waals surface area contributed by atoms with Gasteiger partial charge in [0.05, 0.1) is 7.11 Å². The molecule has 1 atom stereocenters. The number of carbonyl (C=O) groups is 1. The van der Waals surface area contributed by atoms with Gasteiger partial charge in [0, 0.05) is 39.1 Å². The second-order valence-electron chi connectivity index (χ2n) is 7.69. The van der Waals surface area contributed by atoms with Crippen LogP contribution >= 0.6 is 0 Å². The molecule has 0 saturated carbocycles. The molecule has 1 amide bonds. The van der Waals surface area contributed by atoms with Gasteiger partial charge in [-0.2, -0.15) is 0 Å². The van der Waals surface area contributed by atoms with Gasteiger partial charge in [0.2, 0.25) is 5.91 Å². The molecule has 7 heteroatoms. The van der Waals surface area contributed by atoms with E-state index in [9.17, 15) is 9.90 Å². The van der Waals surface area contributed by atoms with Crippen LogP contribution in [0.1, 0.15) is 31.2 Å². The number of hydrogen-bond donors (Lipinski definition) is 2. The van der Waals surface area contributed by atoms with Crippen molar-refractivity contribution in [1.82, 2.24) is 15.1 Å². The quantitative estimate of drug-likeness (QED) is 0.695. The van der Waals surface area contributed by atoms with E-state index in [1.54, 1.807) is 7.11 Å². The number of ether oxygens (including phenoxy) is 2. The maximum Gasteiger partial charge on any atom is 0.221 e. The SMILES string of the molecule is COc1ccc(CN2CCNC(=O)CC2)cc1OCC(O)CN1CCCCC1. The summed E-state index contributed by atoms with van der Waals surface area (Å²) in [7, 11) is 1.62. The molecule has 1 aromatic rings. The van der Waals surface area contributed by atoms with Gasteiger partial charge in [-0.15, -0.1) is 0 Å². The van der Waals surface area contributed by atoms with Crippen LogP contribution in [0.3, 0.4) is 0 Å². The lowest BCUT2D eigenvalue weighted by Gasteiger charge is -2.28. The molecule has 0 aromatic heterocycles. The Hall–Kier alpha value is -1.83. The average Bonchev–Trinajstić information content (AvgIpc) is 2.91. The Kier molecular flexibility index (Phi) is 7.94. The summed E-state index contributed by atoms with van der Waals surface area (Å²) in [6.07, 6.45) is 3.72. The summed E-state index contributed by atoms with van der Waals surface area (Å²) in [5, 5.41) is 13.3. The molecule has 0 bridgehead atoms. The summed E-state index contributed by atoms with van der Waals surface area (Å²) in [6, 6.07) is 5.91. The highest BCUT2D eigenvalue weighted by atomic mass is 16.5. The topological polar surface area (TPSA) is 74.3 Å². The molecule has 1 unspecified atom stereocenters. The predicted molar refractivity (Wildman–Crippen MR) is 108 cm³/mol. The van der Waals surface area contributed by atoms with Crippen molar-refractivity contribution < 1.29 is 19.4 Å². The second kappa shape index (κ2) is 10.6. The number of aliphatic hydroxyl groups is 1. The Morgan fingerprint density at radius 3 is 2.71 bits per heavy atom. The van der Waals surface area contributed by atoms with Crippen molar-refractivity contribution in [1.29, 1.82) is 0 Å². The van der Waals surface area contributed by atoms with Gasteiger partial charge in [0.15, 0.2) is 11.5 Å². The van der Waals surface area contributed by atoms with Gasteiger partial charge < -0.3 is 24.8 Å². The largest absolute Gasteiger partial charge is 0.493 e. The Labute approximate surface area is 167 Å². The predicted octanol–water partition coefficient (Wildman–Crippen LogP) is 1.24. The third-order valence-electron chi connectivity index (χ3n) is 5.39. The average molecular weight is 392 g/mol. The van der Waals surface area contributed by atoms with Gasteiger partial charge in [-0.25, -0.2) is 0 Å². The monoisotopic (exact) mass is 391 g/mol. The minimum Gasteiger partial charge on any atom is -0.493 e. The molecule has 2 aliphatic rings. The Balaban J connectivity index is 1.55. The first-order valence-corrected chi connectivity index (χ1v) is 10.3. The van der Waals surface area contributed by atoms with Crippen LogP contribution in [0.25, 0.3) is 0 Å². The number of rotatable bonds is 8. The molecule has 0 radical (unpaired) electrons. The molecular formula is C21H33N3O4. The zero-order valence-corrected chi connectivity index (χ0v) is 16.9. The smallest absolute Gasteiger partial charge is 0.221 e. The van der Waals surface area contributed by atoms with E-state index in [1.165, 1.54) is 19.3 Å². The zero-order chi connectivity index (χ0) is 19.8. The number of aliphatic hydroxyl groups excluding tert-OH is 1. The summed E-state index contributed by atoms with van der Waals surface area (Å²) in [6.45, 7) is 6.04. The van der Waals surface area contributed by atoms with Crippen molar-refractivity contribution in [3.8, 4) is 11.5 Å². The minimum atomic E-state index is -0.519. The van der Waals surface area contributed by atoms with E-state index in [0.717, 1.165) is 38.3 Å². The number of hydrogen-bond acceptors (Lipinski definition) is 6. The third kappa shape index (κ3) is 6.36. The van der Waals surface area contributed by atoms with Gasteiger partial charge in [0.25, 0.3) is 0 Å². The van der Waals surface area contributed by atoms with Crippen LogP contribution in [0.2, 0.25) is 0 Å². The van der Waals surface area contributed by atoms with E-state index in [2.05, 4.69) is 15.1 Å².